The van der Waals surface area contributed by atoms with Crippen LogP contribution in [-0.4, -0.2) is 43.7 Å². The molecule has 0 atom stereocenters. The number of amides is 1. The Bertz CT molecular complexity index is 477. The van der Waals surface area contributed by atoms with Gasteiger partial charge in [-0.05, 0) is 27.9 Å². The summed E-state index contributed by atoms with van der Waals surface area (Å²) in [5, 5.41) is 0. The van der Waals surface area contributed by atoms with Crippen LogP contribution in [0.15, 0.2) is 10.7 Å². The van der Waals surface area contributed by atoms with Crippen LogP contribution in [0.5, 0.6) is 0 Å². The molecule has 0 saturated heterocycles. The fraction of sp³-hybridized carbons (Fsp3) is 0.500. The van der Waals surface area contributed by atoms with Crippen molar-refractivity contribution in [2.45, 2.75) is 13.0 Å². The first-order valence-electron chi connectivity index (χ1n) is 5.71. The first-order valence-corrected chi connectivity index (χ1v) is 6.50. The molecule has 1 aromatic heterocycles. The summed E-state index contributed by atoms with van der Waals surface area (Å²) in [4.78, 5) is 19.7. The van der Waals surface area contributed by atoms with E-state index in [4.69, 9.17) is 4.74 Å². The largest absolute Gasteiger partial charge is 0.453 e. The maximum atomic E-state index is 11.6. The van der Waals surface area contributed by atoms with Crippen molar-refractivity contribution in [1.29, 1.82) is 0 Å². The lowest BCUT2D eigenvalue weighted by molar-refractivity contribution is 0.118. The number of aromatic nitrogens is 1. The average molecular weight is 314 g/mol. The van der Waals surface area contributed by atoms with Crippen molar-refractivity contribution in [2.24, 2.45) is 0 Å². The van der Waals surface area contributed by atoms with E-state index < -0.39 is 0 Å². The van der Waals surface area contributed by atoms with Gasteiger partial charge in [0.1, 0.15) is 5.82 Å². The van der Waals surface area contributed by atoms with Crippen LogP contribution in [0.3, 0.4) is 0 Å². The summed E-state index contributed by atoms with van der Waals surface area (Å²) in [7, 11) is 5.31. The van der Waals surface area contributed by atoms with Crippen LogP contribution in [-0.2, 0) is 17.7 Å². The average Bonchev–Trinajstić information content (AvgIpc) is 2.37. The SMILES string of the molecule is COC(=O)N1CCc2c(Br)cnc(N(C)C)c2C1. The van der Waals surface area contributed by atoms with Crippen LogP contribution in [0.1, 0.15) is 11.1 Å². The fourth-order valence-electron chi connectivity index (χ4n) is 2.18. The lowest BCUT2D eigenvalue weighted by Gasteiger charge is -2.30. The van der Waals surface area contributed by atoms with Crippen LogP contribution in [0.25, 0.3) is 0 Å². The van der Waals surface area contributed by atoms with Crippen LogP contribution < -0.4 is 4.90 Å². The van der Waals surface area contributed by atoms with Crippen molar-refractivity contribution in [3.8, 4) is 0 Å². The third-order valence-corrected chi connectivity index (χ3v) is 3.74. The van der Waals surface area contributed by atoms with Gasteiger partial charge in [0.15, 0.2) is 0 Å². The Kier molecular flexibility index (Phi) is 3.75. The fourth-order valence-corrected chi connectivity index (χ4v) is 2.72. The van der Waals surface area contributed by atoms with E-state index in [-0.39, 0.29) is 6.09 Å². The summed E-state index contributed by atoms with van der Waals surface area (Å²) in [6.07, 6.45) is 2.35. The zero-order valence-electron chi connectivity index (χ0n) is 10.7. The topological polar surface area (TPSA) is 45.7 Å². The van der Waals surface area contributed by atoms with Crippen LogP contribution >= 0.6 is 15.9 Å². The molecule has 18 heavy (non-hydrogen) atoms. The minimum Gasteiger partial charge on any atom is -0.453 e. The minimum absolute atomic E-state index is 0.287. The molecule has 0 N–H and O–H groups in total. The molecule has 2 heterocycles. The molecule has 0 spiro atoms. The summed E-state index contributed by atoms with van der Waals surface area (Å²) >= 11 is 3.52. The lowest BCUT2D eigenvalue weighted by atomic mass is 10.0. The molecular weight excluding hydrogens is 298 g/mol. The second kappa shape index (κ2) is 5.14. The molecule has 0 fully saturated rings. The van der Waals surface area contributed by atoms with Gasteiger partial charge in [0.05, 0.1) is 13.7 Å². The molecule has 0 unspecified atom stereocenters. The smallest absolute Gasteiger partial charge is 0.409 e. The number of ether oxygens (including phenoxy) is 1. The number of pyridine rings is 1. The van der Waals surface area contributed by atoms with Gasteiger partial charge in [-0.25, -0.2) is 9.78 Å². The molecule has 1 aliphatic heterocycles. The minimum atomic E-state index is -0.287. The number of hydrogen-bond acceptors (Lipinski definition) is 4. The number of rotatable bonds is 1. The summed E-state index contributed by atoms with van der Waals surface area (Å²) in [5.41, 5.74) is 2.32. The van der Waals surface area contributed by atoms with E-state index in [1.54, 1.807) is 4.90 Å². The number of methoxy groups -OCH3 is 1. The predicted octanol–water partition coefficient (Wildman–Crippen LogP) is 2.03. The van der Waals surface area contributed by atoms with E-state index >= 15 is 0 Å². The predicted molar refractivity (Wildman–Crippen MR) is 72.8 cm³/mol. The molecule has 2 rings (SSSR count). The lowest BCUT2D eigenvalue weighted by Crippen LogP contribution is -2.37. The molecule has 5 nitrogen and oxygen atoms in total. The van der Waals surface area contributed by atoms with E-state index in [0.29, 0.717) is 13.1 Å². The van der Waals surface area contributed by atoms with Gasteiger partial charge >= 0.3 is 6.09 Å². The molecule has 1 aliphatic rings. The van der Waals surface area contributed by atoms with Gasteiger partial charge in [-0.2, -0.15) is 0 Å². The van der Waals surface area contributed by atoms with Gasteiger partial charge in [0.25, 0.3) is 0 Å². The number of carbonyl (C=O) groups excluding carboxylic acids is 1. The molecule has 0 saturated carbocycles. The van der Waals surface area contributed by atoms with Crippen molar-refractivity contribution in [2.75, 3.05) is 32.6 Å². The van der Waals surface area contributed by atoms with Gasteiger partial charge in [0, 0.05) is 36.9 Å². The molecule has 0 radical (unpaired) electrons. The number of nitrogens with zero attached hydrogens (tertiary/aromatic N) is 3. The van der Waals surface area contributed by atoms with E-state index in [1.807, 2.05) is 25.2 Å². The second-order valence-electron chi connectivity index (χ2n) is 4.42. The van der Waals surface area contributed by atoms with Gasteiger partial charge in [-0.3, -0.25) is 0 Å². The highest BCUT2D eigenvalue weighted by molar-refractivity contribution is 9.10. The van der Waals surface area contributed by atoms with Gasteiger partial charge in [-0.15, -0.1) is 0 Å². The highest BCUT2D eigenvalue weighted by Gasteiger charge is 2.26. The molecule has 6 heteroatoms. The standard InChI is InChI=1S/C12H16BrN3O2/c1-15(2)11-9-7-16(12(17)18-3)5-4-8(9)10(13)6-14-11/h6H,4-5,7H2,1-3H3. The van der Waals surface area contributed by atoms with Crippen molar-refractivity contribution in [1.82, 2.24) is 9.88 Å². The van der Waals surface area contributed by atoms with Crippen molar-refractivity contribution < 1.29 is 9.53 Å². The third kappa shape index (κ3) is 2.29. The summed E-state index contributed by atoms with van der Waals surface area (Å²) in [6, 6.07) is 0. The maximum Gasteiger partial charge on any atom is 0.409 e. The number of hydrogen-bond donors (Lipinski definition) is 0. The molecule has 0 aromatic carbocycles. The maximum absolute atomic E-state index is 11.6. The highest BCUT2D eigenvalue weighted by Crippen LogP contribution is 2.31. The quantitative estimate of drug-likeness (QED) is 0.796. The first-order chi connectivity index (χ1) is 8.54. The molecule has 1 aromatic rings. The van der Waals surface area contributed by atoms with Crippen molar-refractivity contribution in [3.63, 3.8) is 0 Å². The molecule has 0 aliphatic carbocycles. The Morgan fingerprint density at radius 3 is 2.83 bits per heavy atom. The Morgan fingerprint density at radius 2 is 2.22 bits per heavy atom. The third-order valence-electron chi connectivity index (χ3n) is 3.06. The van der Waals surface area contributed by atoms with Gasteiger partial charge < -0.3 is 14.5 Å². The van der Waals surface area contributed by atoms with Crippen LogP contribution in [0.4, 0.5) is 10.6 Å². The molecular formula is C12H16BrN3O2. The van der Waals surface area contributed by atoms with Crippen LogP contribution in [0.2, 0.25) is 0 Å². The van der Waals surface area contributed by atoms with E-state index in [0.717, 1.165) is 22.3 Å². The van der Waals surface area contributed by atoms with Gasteiger partial charge in [0.2, 0.25) is 0 Å². The summed E-state index contributed by atoms with van der Waals surface area (Å²) in [6.45, 7) is 1.22. The summed E-state index contributed by atoms with van der Waals surface area (Å²) in [5.74, 6) is 0.904. The van der Waals surface area contributed by atoms with Crippen molar-refractivity contribution in [3.05, 3.63) is 21.8 Å². The number of carbonyl (C=O) groups is 1. The Morgan fingerprint density at radius 1 is 1.50 bits per heavy atom. The highest BCUT2D eigenvalue weighted by atomic mass is 79.9. The normalized spacial score (nSPS) is 14.1. The first kappa shape index (κ1) is 13.1. The van der Waals surface area contributed by atoms with Gasteiger partial charge in [-0.1, -0.05) is 0 Å². The van der Waals surface area contributed by atoms with E-state index in [1.165, 1.54) is 12.7 Å². The van der Waals surface area contributed by atoms with Crippen LogP contribution in [0, 0.1) is 0 Å². The monoisotopic (exact) mass is 313 g/mol. The molecule has 98 valence electrons. The summed E-state index contributed by atoms with van der Waals surface area (Å²) < 4.78 is 5.78. The molecule has 0 bridgehead atoms. The van der Waals surface area contributed by atoms with E-state index in [9.17, 15) is 4.79 Å². The Balaban J connectivity index is 2.40. The van der Waals surface area contributed by atoms with E-state index in [2.05, 4.69) is 20.9 Å². The molecule has 1 amide bonds. The number of halogens is 1. The van der Waals surface area contributed by atoms with Crippen molar-refractivity contribution >= 4 is 27.8 Å². The number of fused-ring (bicyclic) bond motifs is 1. The second-order valence-corrected chi connectivity index (χ2v) is 5.28. The Hall–Kier alpha value is -1.30. The zero-order chi connectivity index (χ0) is 13.3. The zero-order valence-corrected chi connectivity index (χ0v) is 12.3. The Labute approximate surface area is 115 Å². The number of anilines is 1.